The normalized spacial score (nSPS) is 17.1. The van der Waals surface area contributed by atoms with Crippen molar-refractivity contribution in [1.82, 2.24) is 25.6 Å². The lowest BCUT2D eigenvalue weighted by Crippen LogP contribution is -2.55. The number of nitrogens with zero attached hydrogens (tertiary/aromatic N) is 2. The van der Waals surface area contributed by atoms with E-state index in [1.165, 1.54) is 24.2 Å². The van der Waals surface area contributed by atoms with Gasteiger partial charge in [0.2, 0.25) is 5.91 Å². The highest BCUT2D eigenvalue weighted by Gasteiger charge is 2.54. The Bertz CT molecular complexity index is 1490. The number of fused-ring (bicyclic) bond motifs is 1. The SMILES string of the molecule is CC1(C)OB([C@H](CCCc2ccccc2)NC(=O)[C@@H](Cc2c[nH]c3ccccc23)NC(=O)c2cnccn2)OC1(C)C. The summed E-state index contributed by atoms with van der Waals surface area (Å²) in [5, 5.41) is 7.08. The number of hydrogen-bond acceptors (Lipinski definition) is 6. The fraction of sp³-hybridized carbons (Fsp3) is 0.375. The van der Waals surface area contributed by atoms with Crippen molar-refractivity contribution < 1.29 is 18.9 Å². The van der Waals surface area contributed by atoms with Gasteiger partial charge >= 0.3 is 7.12 Å². The highest BCUT2D eigenvalue weighted by atomic mass is 16.7. The molecule has 0 radical (unpaired) electrons. The summed E-state index contributed by atoms with van der Waals surface area (Å²) in [6, 6.07) is 17.3. The second kappa shape index (κ2) is 12.5. The van der Waals surface area contributed by atoms with Crippen LogP contribution in [0.25, 0.3) is 10.9 Å². The maximum atomic E-state index is 14.0. The first-order valence-electron chi connectivity index (χ1n) is 14.4. The predicted octanol–water partition coefficient (Wildman–Crippen LogP) is 4.44. The van der Waals surface area contributed by atoms with Crippen LogP contribution < -0.4 is 10.6 Å². The van der Waals surface area contributed by atoms with Crippen LogP contribution in [0.3, 0.4) is 0 Å². The summed E-state index contributed by atoms with van der Waals surface area (Å²) < 4.78 is 12.8. The average molecular weight is 567 g/mol. The average Bonchev–Trinajstić information content (AvgIpc) is 3.48. The van der Waals surface area contributed by atoms with Crippen molar-refractivity contribution in [3.8, 4) is 0 Å². The highest BCUT2D eigenvalue weighted by Crippen LogP contribution is 2.38. The number of nitrogens with one attached hydrogen (secondary N) is 3. The van der Waals surface area contributed by atoms with Crippen molar-refractivity contribution in [3.63, 3.8) is 0 Å². The van der Waals surface area contributed by atoms with E-state index in [1.807, 2.05) is 76.4 Å². The summed E-state index contributed by atoms with van der Waals surface area (Å²) in [4.78, 5) is 38.5. The fourth-order valence-electron chi connectivity index (χ4n) is 5.16. The molecule has 218 valence electrons. The van der Waals surface area contributed by atoms with Gasteiger partial charge in [-0.1, -0.05) is 48.5 Å². The Morgan fingerprint density at radius 2 is 1.67 bits per heavy atom. The molecule has 2 atom stereocenters. The van der Waals surface area contributed by atoms with Crippen LogP contribution in [0.4, 0.5) is 0 Å². The van der Waals surface area contributed by atoms with Gasteiger partial charge in [0.1, 0.15) is 11.7 Å². The number of H-pyrrole nitrogens is 1. The Hall–Kier alpha value is -4.02. The molecule has 1 aliphatic heterocycles. The molecule has 2 aromatic carbocycles. The number of rotatable bonds is 11. The molecule has 3 N–H and O–H groups in total. The number of aromatic amines is 1. The van der Waals surface area contributed by atoms with Gasteiger partial charge in [-0.2, -0.15) is 0 Å². The highest BCUT2D eigenvalue weighted by molar-refractivity contribution is 6.48. The molecule has 0 unspecified atom stereocenters. The van der Waals surface area contributed by atoms with E-state index in [4.69, 9.17) is 9.31 Å². The van der Waals surface area contributed by atoms with Crippen LogP contribution in [-0.2, 0) is 26.9 Å². The van der Waals surface area contributed by atoms with Gasteiger partial charge in [0.25, 0.3) is 5.91 Å². The van der Waals surface area contributed by atoms with Crippen molar-refractivity contribution in [2.75, 3.05) is 0 Å². The molecule has 5 rings (SSSR count). The van der Waals surface area contributed by atoms with Gasteiger partial charge in [-0.25, -0.2) is 4.98 Å². The van der Waals surface area contributed by atoms with Crippen molar-refractivity contribution in [2.24, 2.45) is 0 Å². The van der Waals surface area contributed by atoms with Crippen LogP contribution in [0, 0.1) is 0 Å². The first kappa shape index (κ1) is 29.5. The molecule has 3 heterocycles. The standard InChI is InChI=1S/C32H38BN5O4/c1-31(2)32(3,4)42-33(41-31)28(16-10-13-22-11-6-5-7-12-22)38-29(39)26(37-30(40)27-21-34-17-18-35-27)19-23-20-36-25-15-9-8-14-24(23)25/h5-9,11-12,14-15,17-18,20-21,26,28,36H,10,13,16,19H2,1-4H3,(H,37,40)(H,38,39)/t26-,28+/m1/s1. The molecule has 0 spiro atoms. The van der Waals surface area contributed by atoms with Crippen molar-refractivity contribution in [1.29, 1.82) is 0 Å². The first-order chi connectivity index (χ1) is 20.1. The van der Waals surface area contributed by atoms with E-state index < -0.39 is 36.2 Å². The lowest BCUT2D eigenvalue weighted by Gasteiger charge is -2.32. The van der Waals surface area contributed by atoms with Gasteiger partial charge in [0, 0.05) is 35.9 Å². The van der Waals surface area contributed by atoms with Gasteiger partial charge in [-0.05, 0) is 64.2 Å². The van der Waals surface area contributed by atoms with Gasteiger partial charge in [-0.3, -0.25) is 14.6 Å². The van der Waals surface area contributed by atoms with E-state index >= 15 is 0 Å². The molecule has 0 aliphatic carbocycles. The number of aromatic nitrogens is 3. The summed E-state index contributed by atoms with van der Waals surface area (Å²) in [7, 11) is -0.640. The molecule has 9 nitrogen and oxygen atoms in total. The van der Waals surface area contributed by atoms with Gasteiger partial charge in [0.05, 0.1) is 23.3 Å². The molecule has 1 aliphatic rings. The Balaban J connectivity index is 1.38. The van der Waals surface area contributed by atoms with Crippen LogP contribution in [-0.4, -0.2) is 57.1 Å². The number of para-hydroxylation sites is 1. The second-order valence-electron chi connectivity index (χ2n) is 11.8. The zero-order chi connectivity index (χ0) is 29.7. The summed E-state index contributed by atoms with van der Waals surface area (Å²) in [6.07, 6.45) is 8.80. The summed E-state index contributed by atoms with van der Waals surface area (Å²) in [6.45, 7) is 7.99. The van der Waals surface area contributed by atoms with Crippen LogP contribution in [0.5, 0.6) is 0 Å². The largest absolute Gasteiger partial charge is 0.481 e. The van der Waals surface area contributed by atoms with E-state index in [2.05, 4.69) is 37.7 Å². The van der Waals surface area contributed by atoms with Crippen molar-refractivity contribution in [2.45, 2.75) is 76.6 Å². The van der Waals surface area contributed by atoms with Crippen LogP contribution in [0.2, 0.25) is 0 Å². The van der Waals surface area contributed by atoms with Crippen LogP contribution in [0.1, 0.15) is 62.2 Å². The molecule has 2 aromatic heterocycles. The summed E-state index contributed by atoms with van der Waals surface area (Å²) in [5.41, 5.74) is 2.14. The number of hydrogen-bond donors (Lipinski definition) is 3. The molecule has 4 aromatic rings. The van der Waals surface area contributed by atoms with E-state index in [9.17, 15) is 9.59 Å². The molecular weight excluding hydrogens is 529 g/mol. The number of amides is 2. The molecule has 42 heavy (non-hydrogen) atoms. The molecule has 1 fully saturated rings. The maximum Gasteiger partial charge on any atom is 0.481 e. The third-order valence-corrected chi connectivity index (χ3v) is 8.27. The fourth-order valence-corrected chi connectivity index (χ4v) is 5.16. The Kier molecular flexibility index (Phi) is 8.75. The summed E-state index contributed by atoms with van der Waals surface area (Å²) >= 11 is 0. The third-order valence-electron chi connectivity index (χ3n) is 8.27. The van der Waals surface area contributed by atoms with E-state index in [0.717, 1.165) is 29.3 Å². The molecule has 1 saturated heterocycles. The molecular formula is C32H38BN5O4. The zero-order valence-electron chi connectivity index (χ0n) is 24.6. The lowest BCUT2D eigenvalue weighted by atomic mass is 9.75. The molecule has 2 amide bonds. The Morgan fingerprint density at radius 3 is 2.38 bits per heavy atom. The number of carbonyl (C=O) groups excluding carboxylic acids is 2. The van der Waals surface area contributed by atoms with Gasteiger partial charge in [0.15, 0.2) is 0 Å². The van der Waals surface area contributed by atoms with Gasteiger partial charge in [-0.15, -0.1) is 0 Å². The smallest absolute Gasteiger partial charge is 0.402 e. The molecule has 0 saturated carbocycles. The van der Waals surface area contributed by atoms with Crippen molar-refractivity contribution in [3.05, 3.63) is 96.2 Å². The van der Waals surface area contributed by atoms with Crippen LogP contribution in [0.15, 0.2) is 79.4 Å². The monoisotopic (exact) mass is 567 g/mol. The number of benzene rings is 2. The number of aryl methyl sites for hydroxylation is 1. The maximum absolute atomic E-state index is 14.0. The minimum absolute atomic E-state index is 0.139. The quantitative estimate of drug-likeness (QED) is 0.231. The van der Waals surface area contributed by atoms with Crippen molar-refractivity contribution >= 4 is 29.8 Å². The van der Waals surface area contributed by atoms with Crippen LogP contribution >= 0.6 is 0 Å². The minimum atomic E-state index is -0.877. The molecule has 0 bridgehead atoms. The topological polar surface area (TPSA) is 118 Å². The predicted molar refractivity (Wildman–Crippen MR) is 163 cm³/mol. The van der Waals surface area contributed by atoms with E-state index in [1.54, 1.807) is 0 Å². The van der Waals surface area contributed by atoms with Gasteiger partial charge < -0.3 is 24.9 Å². The zero-order valence-corrected chi connectivity index (χ0v) is 24.6. The second-order valence-corrected chi connectivity index (χ2v) is 11.8. The van der Waals surface area contributed by atoms with E-state index in [-0.39, 0.29) is 18.0 Å². The first-order valence-corrected chi connectivity index (χ1v) is 14.4. The lowest BCUT2D eigenvalue weighted by molar-refractivity contribution is -0.123. The molecule has 10 heteroatoms. The van der Waals surface area contributed by atoms with E-state index in [0.29, 0.717) is 6.42 Å². The Morgan fingerprint density at radius 1 is 0.952 bits per heavy atom. The number of carbonyl (C=O) groups is 2. The minimum Gasteiger partial charge on any atom is -0.402 e. The Labute approximate surface area is 247 Å². The third kappa shape index (κ3) is 6.72. The summed E-state index contributed by atoms with van der Waals surface area (Å²) in [5.74, 6) is -1.22.